The normalized spacial score (nSPS) is 20.8. The lowest BCUT2D eigenvalue weighted by Crippen LogP contribution is -2.57. The summed E-state index contributed by atoms with van der Waals surface area (Å²) in [4.78, 5) is 25.1. The molecule has 1 aliphatic carbocycles. The molecule has 2 aromatic heterocycles. The van der Waals surface area contributed by atoms with Crippen LogP contribution in [0.1, 0.15) is 30.5 Å². The van der Waals surface area contributed by atoms with Crippen molar-refractivity contribution in [2.75, 3.05) is 54.9 Å². The van der Waals surface area contributed by atoms with E-state index < -0.39 is 12.1 Å². The number of piperidine rings is 1. The van der Waals surface area contributed by atoms with Crippen LogP contribution in [0, 0.1) is 22.7 Å². The number of benzene rings is 1. The van der Waals surface area contributed by atoms with Crippen LogP contribution in [0.25, 0.3) is 5.65 Å². The van der Waals surface area contributed by atoms with Crippen LogP contribution in [0.4, 0.5) is 27.9 Å². The Morgan fingerprint density at radius 1 is 1.15 bits per heavy atom. The average Bonchev–Trinajstić information content (AvgIpc) is 3.71. The number of halogens is 1. The Hall–Kier alpha value is -4.37. The van der Waals surface area contributed by atoms with Gasteiger partial charge in [-0.2, -0.15) is 20.0 Å². The summed E-state index contributed by atoms with van der Waals surface area (Å²) in [5.41, 5.74) is 1.99. The van der Waals surface area contributed by atoms with Gasteiger partial charge in [-0.15, -0.1) is 5.10 Å². The van der Waals surface area contributed by atoms with Crippen LogP contribution in [-0.2, 0) is 4.74 Å². The van der Waals surface area contributed by atoms with Gasteiger partial charge in [0, 0.05) is 32.2 Å². The fraction of sp³-hybridized carbons (Fsp3) is 0.462. The number of nitriles is 2. The van der Waals surface area contributed by atoms with Crippen molar-refractivity contribution in [1.29, 1.82) is 10.5 Å². The van der Waals surface area contributed by atoms with E-state index >= 15 is 0 Å². The van der Waals surface area contributed by atoms with Gasteiger partial charge in [-0.25, -0.2) is 9.78 Å². The standard InChI is InChI=1S/C26H28ClN11O3/c27-22-19(32-25-34-23(31-16-1-2-16)24-30-13-17(12-29)38(24)35-25)9-15(11-28)10-20(22)37-4-3-18(21(39)14-37)33-26(40)36-5-7-41-8-6-36/h9-10,13,16,18,21,39H,1-8,14H2,(H,33,40)(H2,31,32,34,35)/t18-,21-/m1/s1. The molecule has 0 bridgehead atoms. The van der Waals surface area contributed by atoms with Crippen molar-refractivity contribution >= 4 is 46.4 Å². The Labute approximate surface area is 240 Å². The lowest BCUT2D eigenvalue weighted by atomic mass is 10.0. The summed E-state index contributed by atoms with van der Waals surface area (Å²) >= 11 is 6.85. The smallest absolute Gasteiger partial charge is 0.317 e. The van der Waals surface area contributed by atoms with E-state index in [1.54, 1.807) is 17.0 Å². The molecule has 0 spiro atoms. The van der Waals surface area contributed by atoms with Crippen molar-refractivity contribution in [1.82, 2.24) is 29.8 Å². The van der Waals surface area contributed by atoms with Crippen molar-refractivity contribution in [3.8, 4) is 12.1 Å². The van der Waals surface area contributed by atoms with Crippen LogP contribution < -0.4 is 20.9 Å². The molecule has 15 heteroatoms. The molecular weight excluding hydrogens is 550 g/mol. The lowest BCUT2D eigenvalue weighted by Gasteiger charge is -2.39. The maximum Gasteiger partial charge on any atom is 0.317 e. The van der Waals surface area contributed by atoms with Crippen LogP contribution in [-0.4, -0.2) is 93.2 Å². The minimum Gasteiger partial charge on any atom is -0.389 e. The molecular formula is C26H28ClN11O3. The average molecular weight is 578 g/mol. The van der Waals surface area contributed by atoms with Crippen molar-refractivity contribution in [3.63, 3.8) is 0 Å². The first-order valence-corrected chi connectivity index (χ1v) is 13.8. The van der Waals surface area contributed by atoms with E-state index in [2.05, 4.69) is 43.2 Å². The first-order valence-electron chi connectivity index (χ1n) is 13.4. The number of β-amino-alcohol motifs (C(OH)–C–C–N with tert-alkyl or cyclic N) is 1. The second-order valence-corrected chi connectivity index (χ2v) is 10.6. The van der Waals surface area contributed by atoms with Gasteiger partial charge < -0.3 is 35.6 Å². The SMILES string of the molecule is N#Cc1cc(Nc2nc(NC3CC3)c3ncc(C#N)n3n2)c(Cl)c(N2CC[C@@H](NC(=O)N3CCOCC3)[C@H](O)C2)c1. The molecule has 1 saturated carbocycles. The molecule has 0 unspecified atom stereocenters. The lowest BCUT2D eigenvalue weighted by molar-refractivity contribution is 0.0488. The number of anilines is 4. The van der Waals surface area contributed by atoms with Gasteiger partial charge in [0.15, 0.2) is 17.2 Å². The van der Waals surface area contributed by atoms with E-state index in [0.717, 1.165) is 12.8 Å². The van der Waals surface area contributed by atoms with Gasteiger partial charge >= 0.3 is 6.03 Å². The van der Waals surface area contributed by atoms with Crippen LogP contribution in [0.2, 0.25) is 5.02 Å². The molecule has 2 amide bonds. The van der Waals surface area contributed by atoms with Gasteiger partial charge in [-0.3, -0.25) is 0 Å². The number of hydrogen-bond acceptors (Lipinski definition) is 11. The van der Waals surface area contributed by atoms with Crippen LogP contribution in [0.3, 0.4) is 0 Å². The number of ether oxygens (including phenoxy) is 1. The highest BCUT2D eigenvalue weighted by Crippen LogP contribution is 2.37. The quantitative estimate of drug-likeness (QED) is 0.335. The highest BCUT2D eigenvalue weighted by atomic mass is 35.5. The minimum atomic E-state index is -0.848. The zero-order valence-corrected chi connectivity index (χ0v) is 22.8. The predicted octanol–water partition coefficient (Wildman–Crippen LogP) is 1.82. The predicted molar refractivity (Wildman–Crippen MR) is 149 cm³/mol. The largest absolute Gasteiger partial charge is 0.389 e. The summed E-state index contributed by atoms with van der Waals surface area (Å²) in [6, 6.07) is 7.15. The number of urea groups is 1. The Bertz CT molecular complexity index is 1550. The number of aliphatic hydroxyl groups excluding tert-OH is 1. The first-order chi connectivity index (χ1) is 19.9. The van der Waals surface area contributed by atoms with E-state index in [1.165, 1.54) is 10.7 Å². The number of amides is 2. The number of aromatic nitrogens is 4. The molecule has 1 aromatic carbocycles. The number of nitrogens with zero attached hydrogens (tertiary/aromatic N) is 8. The third-order valence-corrected chi connectivity index (χ3v) is 7.75. The molecule has 2 aliphatic heterocycles. The molecule has 14 nitrogen and oxygen atoms in total. The molecule has 4 N–H and O–H groups in total. The van der Waals surface area contributed by atoms with E-state index in [4.69, 9.17) is 16.3 Å². The molecule has 3 aromatic rings. The van der Waals surface area contributed by atoms with Gasteiger partial charge in [-0.05, 0) is 31.4 Å². The van der Waals surface area contributed by atoms with Gasteiger partial charge in [0.1, 0.15) is 6.07 Å². The van der Waals surface area contributed by atoms with Crippen LogP contribution in [0.15, 0.2) is 18.3 Å². The number of aliphatic hydroxyl groups is 1. The Morgan fingerprint density at radius 2 is 1.95 bits per heavy atom. The highest BCUT2D eigenvalue weighted by Gasteiger charge is 2.32. The molecule has 4 heterocycles. The Morgan fingerprint density at radius 3 is 2.66 bits per heavy atom. The van der Waals surface area contributed by atoms with Gasteiger partial charge in [0.2, 0.25) is 5.95 Å². The monoisotopic (exact) mass is 577 g/mol. The highest BCUT2D eigenvalue weighted by molar-refractivity contribution is 6.36. The fourth-order valence-electron chi connectivity index (χ4n) is 4.98. The van der Waals surface area contributed by atoms with Gasteiger partial charge in [0.25, 0.3) is 0 Å². The number of fused-ring (bicyclic) bond motifs is 1. The Kier molecular flexibility index (Phi) is 7.36. The summed E-state index contributed by atoms with van der Waals surface area (Å²) < 4.78 is 6.72. The summed E-state index contributed by atoms with van der Waals surface area (Å²) in [6.45, 7) is 2.73. The van der Waals surface area contributed by atoms with Gasteiger partial charge in [-0.1, -0.05) is 11.6 Å². The molecule has 2 atom stereocenters. The third kappa shape index (κ3) is 5.63. The van der Waals surface area contributed by atoms with Crippen LogP contribution >= 0.6 is 11.6 Å². The maximum atomic E-state index is 12.6. The summed E-state index contributed by atoms with van der Waals surface area (Å²) in [5.74, 6) is 0.659. The molecule has 0 radical (unpaired) electrons. The maximum absolute atomic E-state index is 12.6. The summed E-state index contributed by atoms with van der Waals surface area (Å²) in [5, 5.41) is 44.3. The van der Waals surface area contributed by atoms with E-state index in [9.17, 15) is 20.4 Å². The van der Waals surface area contributed by atoms with E-state index in [0.29, 0.717) is 72.7 Å². The zero-order valence-electron chi connectivity index (χ0n) is 22.0. The van der Waals surface area contributed by atoms with Crippen molar-refractivity contribution in [3.05, 3.63) is 34.6 Å². The number of imidazole rings is 1. The van der Waals surface area contributed by atoms with Crippen molar-refractivity contribution in [2.24, 2.45) is 0 Å². The number of rotatable bonds is 6. The third-order valence-electron chi connectivity index (χ3n) is 7.35. The molecule has 2 saturated heterocycles. The molecule has 41 heavy (non-hydrogen) atoms. The number of carbonyl (C=O) groups is 1. The molecule has 212 valence electrons. The molecule has 3 fully saturated rings. The summed E-state index contributed by atoms with van der Waals surface area (Å²) in [6.07, 6.45) is 3.11. The zero-order chi connectivity index (χ0) is 28.5. The molecule has 3 aliphatic rings. The number of nitrogens with one attached hydrogen (secondary N) is 3. The second-order valence-electron chi connectivity index (χ2n) is 10.2. The summed E-state index contributed by atoms with van der Waals surface area (Å²) in [7, 11) is 0. The Balaban J connectivity index is 1.23. The molecule has 6 rings (SSSR count). The van der Waals surface area contributed by atoms with Gasteiger partial charge in [0.05, 0.1) is 59.6 Å². The number of hydrogen-bond donors (Lipinski definition) is 4. The van der Waals surface area contributed by atoms with E-state index in [-0.39, 0.29) is 30.3 Å². The second kappa shape index (κ2) is 11.2. The first kappa shape index (κ1) is 26.8. The van der Waals surface area contributed by atoms with Crippen LogP contribution in [0.5, 0.6) is 0 Å². The topological polar surface area (TPSA) is 180 Å². The van der Waals surface area contributed by atoms with E-state index in [1.807, 2.05) is 4.90 Å². The van der Waals surface area contributed by atoms with Crippen molar-refractivity contribution < 1.29 is 14.6 Å². The number of morpholine rings is 1. The number of carbonyl (C=O) groups excluding carboxylic acids is 1. The fourth-order valence-corrected chi connectivity index (χ4v) is 5.25. The van der Waals surface area contributed by atoms with Crippen molar-refractivity contribution in [2.45, 2.75) is 37.5 Å². The minimum absolute atomic E-state index is 0.169.